The Labute approximate surface area is 597 Å². The Morgan fingerprint density at radius 3 is 0.786 bits per heavy atom. The first-order valence-corrected chi connectivity index (χ1v) is 35.7. The van der Waals surface area contributed by atoms with E-state index in [1.807, 2.05) is 0 Å². The summed E-state index contributed by atoms with van der Waals surface area (Å²) < 4.78 is 4.99. The smallest absolute Gasteiger partial charge is 0.252 e. The lowest BCUT2D eigenvalue weighted by atomic mass is 9.33. The predicted molar refractivity (Wildman–Crippen MR) is 437 cm³/mol. The molecule has 0 atom stereocenters. The van der Waals surface area contributed by atoms with Crippen LogP contribution in [0.4, 0.5) is 34.1 Å². The van der Waals surface area contributed by atoms with Crippen LogP contribution in [0.15, 0.2) is 382 Å². The van der Waals surface area contributed by atoms with E-state index >= 15 is 0 Å². The van der Waals surface area contributed by atoms with Crippen LogP contribution in [0, 0.1) is 0 Å². The normalized spacial score (nSPS) is 12.4. The molecule has 0 aliphatic carbocycles. The van der Waals surface area contributed by atoms with Gasteiger partial charge in [-0.1, -0.05) is 322 Å². The molecule has 478 valence electrons. The van der Waals surface area contributed by atoms with Gasteiger partial charge in [0.05, 0.1) is 33.4 Å². The second-order valence-electron chi connectivity index (χ2n) is 27.3. The van der Waals surface area contributed by atoms with Crippen molar-refractivity contribution in [3.63, 3.8) is 0 Å². The van der Waals surface area contributed by atoms with Gasteiger partial charge in [0, 0.05) is 77.9 Å². The van der Waals surface area contributed by atoms with Crippen molar-refractivity contribution in [2.45, 2.75) is 0 Å². The van der Waals surface area contributed by atoms with Gasteiger partial charge in [0.25, 0.3) is 6.71 Å². The Balaban J connectivity index is 0.974. The molecule has 19 aromatic rings. The number of hydrogen-bond acceptors (Lipinski definition) is 2. The van der Waals surface area contributed by atoms with E-state index in [0.717, 1.165) is 118 Å². The number of hydrogen-bond donors (Lipinski definition) is 0. The van der Waals surface area contributed by atoms with E-state index in [2.05, 4.69) is 401 Å². The fourth-order valence-electron chi connectivity index (χ4n) is 17.6. The van der Waals surface area contributed by atoms with Crippen LogP contribution < -0.4 is 26.2 Å². The van der Waals surface area contributed by atoms with E-state index in [1.54, 1.807) is 0 Å². The molecule has 0 saturated carbocycles. The molecule has 0 unspecified atom stereocenters. The van der Waals surface area contributed by atoms with Gasteiger partial charge in [-0.2, -0.15) is 0 Å². The first-order valence-electron chi connectivity index (χ1n) is 35.7. The lowest BCUT2D eigenvalue weighted by Gasteiger charge is -2.46. The van der Waals surface area contributed by atoms with Crippen LogP contribution in [0.3, 0.4) is 0 Å². The molecular weight excluding hydrogens is 1240 g/mol. The Morgan fingerprint density at radius 2 is 0.466 bits per heavy atom. The Bertz CT molecular complexity index is 6020. The molecule has 2 aliphatic heterocycles. The van der Waals surface area contributed by atoms with Crippen LogP contribution in [0.2, 0.25) is 0 Å². The zero-order valence-corrected chi connectivity index (χ0v) is 56.2. The summed E-state index contributed by atoms with van der Waals surface area (Å²) in [5.41, 5.74) is 30.8. The maximum atomic E-state index is 2.70. The molecule has 0 N–H and O–H groups in total. The highest BCUT2D eigenvalue weighted by Crippen LogP contribution is 2.56. The van der Waals surface area contributed by atoms with Crippen LogP contribution in [-0.4, -0.2) is 15.8 Å². The van der Waals surface area contributed by atoms with Gasteiger partial charge >= 0.3 is 0 Å². The van der Waals surface area contributed by atoms with Gasteiger partial charge in [-0.25, -0.2) is 0 Å². The van der Waals surface area contributed by atoms with E-state index in [1.165, 1.54) is 76.2 Å². The highest BCUT2D eigenvalue weighted by molar-refractivity contribution is 7.00. The van der Waals surface area contributed by atoms with E-state index < -0.39 is 0 Å². The third-order valence-corrected chi connectivity index (χ3v) is 21.9. The number of anilines is 6. The van der Waals surface area contributed by atoms with E-state index in [-0.39, 0.29) is 6.71 Å². The second-order valence-corrected chi connectivity index (χ2v) is 27.3. The Morgan fingerprint density at radius 1 is 0.194 bits per heavy atom. The summed E-state index contributed by atoms with van der Waals surface area (Å²) in [5, 5.41) is 9.64. The van der Waals surface area contributed by atoms with Crippen LogP contribution >= 0.6 is 0 Å². The van der Waals surface area contributed by atoms with Crippen molar-refractivity contribution in [2.75, 3.05) is 9.80 Å². The maximum Gasteiger partial charge on any atom is 0.252 e. The quantitative estimate of drug-likeness (QED) is 0.100. The van der Waals surface area contributed by atoms with E-state index in [0.29, 0.717) is 0 Å². The van der Waals surface area contributed by atoms with Crippen LogP contribution in [-0.2, 0) is 0 Å². The van der Waals surface area contributed by atoms with Crippen molar-refractivity contribution in [2.24, 2.45) is 0 Å². The summed E-state index contributed by atoms with van der Waals surface area (Å²) in [5.74, 6) is 0. The van der Waals surface area contributed by atoms with Gasteiger partial charge in [-0.05, 0) is 143 Å². The van der Waals surface area contributed by atoms with Crippen LogP contribution in [0.25, 0.3) is 143 Å². The minimum absolute atomic E-state index is 0.280. The van der Waals surface area contributed by atoms with Crippen molar-refractivity contribution in [3.8, 4) is 78.1 Å². The molecule has 0 fully saturated rings. The number of nitrogens with zero attached hydrogens (tertiary/aromatic N) is 4. The molecule has 0 radical (unpaired) electrons. The molecule has 103 heavy (non-hydrogen) atoms. The molecule has 0 saturated heterocycles. The molecule has 4 heterocycles. The van der Waals surface area contributed by atoms with Crippen molar-refractivity contribution in [1.82, 2.24) is 9.13 Å². The minimum atomic E-state index is -0.280. The van der Waals surface area contributed by atoms with E-state index in [9.17, 15) is 0 Å². The van der Waals surface area contributed by atoms with Crippen LogP contribution in [0.1, 0.15) is 0 Å². The highest BCUT2D eigenvalue weighted by atomic mass is 15.2. The lowest BCUT2D eigenvalue weighted by Crippen LogP contribution is -2.61. The number of aromatic nitrogens is 2. The van der Waals surface area contributed by atoms with Gasteiger partial charge in [-0.3, -0.25) is 0 Å². The molecule has 0 spiro atoms. The molecular formula is C98H63BN4. The van der Waals surface area contributed by atoms with Gasteiger partial charge in [-0.15, -0.1) is 0 Å². The standard InChI is InChI=1S/C98H63BN4/c1-6-30-64(31-7-1)72-48-28-49-73(65-32-8-2-9-33-65)97(72)102-90-62-70(100-86-52-24-20-40-76(86)77-41-21-25-53-87(77)100)56-58-84(90)99-85-59-57-71(101-88-54-26-22-42-78(88)79-43-23-27-55-89(79)101)63-91(85)103(98-74(66-34-10-3-11-35-66)50-29-51-75(98)67-36-12-4-13-37-67)93-61-69(60-92(102)96(93)99)95-82-46-18-16-44-80(82)94(68-38-14-5-15-39-68)81-45-17-19-47-83(81)95/h1-63H. The average molecular weight is 1310 g/mol. The lowest BCUT2D eigenvalue weighted by molar-refractivity contribution is 1.17. The maximum absolute atomic E-state index is 2.70. The first-order chi connectivity index (χ1) is 51.2. The third kappa shape index (κ3) is 9.06. The molecule has 21 rings (SSSR count). The fourth-order valence-corrected chi connectivity index (χ4v) is 17.6. The molecule has 4 nitrogen and oxygen atoms in total. The summed E-state index contributed by atoms with van der Waals surface area (Å²) in [6.45, 7) is -0.280. The molecule has 0 bridgehead atoms. The molecule has 5 heteroatoms. The Kier molecular flexibility index (Phi) is 13.4. The number of benzene rings is 17. The predicted octanol–water partition coefficient (Wildman–Crippen LogP) is 24.3. The number of para-hydroxylation sites is 6. The Hall–Kier alpha value is -13.5. The van der Waals surface area contributed by atoms with Crippen molar-refractivity contribution in [1.29, 1.82) is 0 Å². The average Bonchev–Trinajstić information content (AvgIpc) is 1.59. The largest absolute Gasteiger partial charge is 0.310 e. The molecule has 17 aromatic carbocycles. The van der Waals surface area contributed by atoms with Crippen LogP contribution in [0.5, 0.6) is 0 Å². The first kappa shape index (κ1) is 58.5. The fraction of sp³-hybridized carbons (Fsp3) is 0. The van der Waals surface area contributed by atoms with E-state index in [4.69, 9.17) is 0 Å². The second kappa shape index (κ2) is 23.6. The molecule has 2 aromatic heterocycles. The molecule has 0 amide bonds. The number of rotatable bonds is 10. The van der Waals surface area contributed by atoms with Gasteiger partial charge < -0.3 is 18.9 Å². The van der Waals surface area contributed by atoms with Crippen molar-refractivity contribution < 1.29 is 0 Å². The highest BCUT2D eigenvalue weighted by Gasteiger charge is 2.46. The summed E-state index contributed by atoms with van der Waals surface area (Å²) in [7, 11) is 0. The SMILES string of the molecule is c1ccc(-c2cccc(-c3ccccc3)c2N2c3cc(-n4c5ccccc5c5ccccc54)ccc3B3c4ccc(-n5c6ccccc6c6ccccc65)cc4N(c4c(-c5ccccc5)cccc4-c4ccccc4)c4cc(-c5c6ccccc6c(-c6ccccc6)c6ccccc56)cc2c43)cc1. The summed E-state index contributed by atoms with van der Waals surface area (Å²) in [6, 6.07) is 143. The monoisotopic (exact) mass is 1310 g/mol. The minimum Gasteiger partial charge on any atom is -0.310 e. The zero-order chi connectivity index (χ0) is 67.6. The molecule has 2 aliphatic rings. The third-order valence-electron chi connectivity index (χ3n) is 21.9. The summed E-state index contributed by atoms with van der Waals surface area (Å²) in [6.07, 6.45) is 0. The van der Waals surface area contributed by atoms with Gasteiger partial charge in [0.1, 0.15) is 0 Å². The topological polar surface area (TPSA) is 16.3 Å². The van der Waals surface area contributed by atoms with Crippen molar-refractivity contribution >= 4 is 122 Å². The summed E-state index contributed by atoms with van der Waals surface area (Å²) >= 11 is 0. The van der Waals surface area contributed by atoms with Gasteiger partial charge in [0.15, 0.2) is 0 Å². The number of fused-ring (bicyclic) bond motifs is 12. The van der Waals surface area contributed by atoms with Gasteiger partial charge in [0.2, 0.25) is 0 Å². The zero-order valence-electron chi connectivity index (χ0n) is 56.2. The van der Waals surface area contributed by atoms with Crippen molar-refractivity contribution in [3.05, 3.63) is 382 Å². The summed E-state index contributed by atoms with van der Waals surface area (Å²) in [4.78, 5) is 5.41.